The monoisotopic (exact) mass is 424 g/mol. The van der Waals surface area contributed by atoms with Gasteiger partial charge in [-0.3, -0.25) is 4.99 Å². The lowest BCUT2D eigenvalue weighted by Crippen LogP contribution is -2.46. The quantitative estimate of drug-likeness (QED) is 0.244. The summed E-state index contributed by atoms with van der Waals surface area (Å²) in [7, 11) is 6.16. The van der Waals surface area contributed by atoms with E-state index in [0.717, 1.165) is 50.5 Å². The highest BCUT2D eigenvalue weighted by molar-refractivity contribution is 14.0. The molecule has 0 aromatic rings. The van der Waals surface area contributed by atoms with E-state index in [1.165, 1.54) is 25.7 Å². The van der Waals surface area contributed by atoms with E-state index in [4.69, 9.17) is 4.74 Å². The fourth-order valence-electron chi connectivity index (χ4n) is 2.59. The minimum absolute atomic E-state index is 0. The molecular weight excluding hydrogens is 391 g/mol. The van der Waals surface area contributed by atoms with Crippen molar-refractivity contribution in [1.29, 1.82) is 0 Å². The van der Waals surface area contributed by atoms with Gasteiger partial charge in [-0.05, 0) is 58.0 Å². The summed E-state index contributed by atoms with van der Waals surface area (Å²) < 4.78 is 5.64. The lowest BCUT2D eigenvalue weighted by atomic mass is 10.1. The molecular formula is C16H33IN4O. The summed E-state index contributed by atoms with van der Waals surface area (Å²) in [5.41, 5.74) is 0. The molecule has 0 aromatic heterocycles. The predicted molar refractivity (Wildman–Crippen MR) is 103 cm³/mol. The molecule has 2 fully saturated rings. The van der Waals surface area contributed by atoms with Crippen molar-refractivity contribution in [2.24, 2.45) is 16.8 Å². The molecule has 0 saturated heterocycles. The Morgan fingerprint density at radius 1 is 1.23 bits per heavy atom. The van der Waals surface area contributed by atoms with Gasteiger partial charge in [0.25, 0.3) is 0 Å². The highest BCUT2D eigenvalue weighted by Gasteiger charge is 2.32. The van der Waals surface area contributed by atoms with Gasteiger partial charge in [0.2, 0.25) is 0 Å². The second-order valence-corrected chi connectivity index (χ2v) is 6.62. The van der Waals surface area contributed by atoms with Gasteiger partial charge in [-0.1, -0.05) is 0 Å². The van der Waals surface area contributed by atoms with E-state index in [9.17, 15) is 0 Å². The van der Waals surface area contributed by atoms with Crippen LogP contribution in [0.25, 0.3) is 0 Å². The Bertz CT molecular complexity index is 328. The van der Waals surface area contributed by atoms with Crippen LogP contribution in [0.3, 0.4) is 0 Å². The summed E-state index contributed by atoms with van der Waals surface area (Å²) in [5, 5.41) is 6.81. The van der Waals surface area contributed by atoms with E-state index >= 15 is 0 Å². The van der Waals surface area contributed by atoms with E-state index in [-0.39, 0.29) is 24.0 Å². The fourth-order valence-corrected chi connectivity index (χ4v) is 2.59. The second-order valence-electron chi connectivity index (χ2n) is 6.62. The number of nitrogens with one attached hydrogen (secondary N) is 2. The standard InChI is InChI=1S/C16H32N4O.HI/c1-17-16(18-9-4-10-21-12-13-5-6-13)19-11-15(20(2)3)14-7-8-14;/h13-15H,4-12H2,1-3H3,(H2,17,18,19);1H. The molecule has 0 spiro atoms. The lowest BCUT2D eigenvalue weighted by molar-refractivity contribution is 0.123. The molecule has 0 heterocycles. The Kier molecular flexibility index (Phi) is 9.66. The molecule has 0 aromatic carbocycles. The third kappa shape index (κ3) is 7.97. The summed E-state index contributed by atoms with van der Waals surface area (Å²) in [4.78, 5) is 6.61. The highest BCUT2D eigenvalue weighted by atomic mass is 127. The first-order chi connectivity index (χ1) is 10.2. The number of guanidine groups is 1. The molecule has 130 valence electrons. The molecule has 2 aliphatic rings. The van der Waals surface area contributed by atoms with Crippen molar-refractivity contribution in [2.45, 2.75) is 38.1 Å². The first-order valence-electron chi connectivity index (χ1n) is 8.39. The van der Waals surface area contributed by atoms with Crippen LogP contribution >= 0.6 is 24.0 Å². The van der Waals surface area contributed by atoms with Crippen molar-refractivity contribution in [2.75, 3.05) is 47.4 Å². The molecule has 2 rings (SSSR count). The molecule has 0 radical (unpaired) electrons. The van der Waals surface area contributed by atoms with Gasteiger partial charge in [0.1, 0.15) is 0 Å². The zero-order chi connectivity index (χ0) is 15.1. The summed E-state index contributed by atoms with van der Waals surface area (Å²) in [6, 6.07) is 0.616. The summed E-state index contributed by atoms with van der Waals surface area (Å²) in [6.07, 6.45) is 6.50. The highest BCUT2D eigenvalue weighted by Crippen LogP contribution is 2.34. The van der Waals surface area contributed by atoms with Crippen LogP contribution in [-0.4, -0.2) is 64.3 Å². The van der Waals surface area contributed by atoms with Crippen LogP contribution in [0.1, 0.15) is 32.1 Å². The Balaban J connectivity index is 0.00000242. The number of likely N-dealkylation sites (N-methyl/N-ethyl adjacent to an activating group) is 1. The number of rotatable bonds is 10. The van der Waals surface area contributed by atoms with Crippen molar-refractivity contribution in [3.8, 4) is 0 Å². The molecule has 22 heavy (non-hydrogen) atoms. The molecule has 5 nitrogen and oxygen atoms in total. The maximum absolute atomic E-state index is 5.64. The first-order valence-corrected chi connectivity index (χ1v) is 8.39. The average Bonchev–Trinajstić information content (AvgIpc) is 3.34. The second kappa shape index (κ2) is 10.6. The molecule has 2 aliphatic carbocycles. The van der Waals surface area contributed by atoms with Gasteiger partial charge in [-0.15, -0.1) is 24.0 Å². The number of halogens is 1. The number of ether oxygens (including phenoxy) is 1. The summed E-state index contributed by atoms with van der Waals surface area (Å²) >= 11 is 0. The molecule has 0 amide bonds. The van der Waals surface area contributed by atoms with Crippen LogP contribution in [0.2, 0.25) is 0 Å². The van der Waals surface area contributed by atoms with Crippen molar-refractivity contribution >= 4 is 29.9 Å². The molecule has 1 atom stereocenters. The van der Waals surface area contributed by atoms with E-state index in [1.807, 2.05) is 7.05 Å². The van der Waals surface area contributed by atoms with Crippen molar-refractivity contribution in [1.82, 2.24) is 15.5 Å². The Labute approximate surface area is 152 Å². The fraction of sp³-hybridized carbons (Fsp3) is 0.938. The van der Waals surface area contributed by atoms with Crippen LogP contribution in [0, 0.1) is 11.8 Å². The largest absolute Gasteiger partial charge is 0.381 e. The predicted octanol–water partition coefficient (Wildman–Crippen LogP) is 1.93. The molecule has 0 bridgehead atoms. The topological polar surface area (TPSA) is 48.9 Å². The summed E-state index contributed by atoms with van der Waals surface area (Å²) in [6.45, 7) is 3.69. The normalized spacial score (nSPS) is 19.7. The van der Waals surface area contributed by atoms with Gasteiger partial charge in [0, 0.05) is 39.4 Å². The average molecular weight is 424 g/mol. The molecule has 2 saturated carbocycles. The smallest absolute Gasteiger partial charge is 0.191 e. The van der Waals surface area contributed by atoms with Crippen LogP contribution in [-0.2, 0) is 4.74 Å². The number of hydrogen-bond acceptors (Lipinski definition) is 3. The van der Waals surface area contributed by atoms with E-state index in [1.54, 1.807) is 0 Å². The minimum Gasteiger partial charge on any atom is -0.381 e. The van der Waals surface area contributed by atoms with E-state index < -0.39 is 0 Å². The molecule has 6 heteroatoms. The SMILES string of the molecule is CN=C(NCCCOCC1CC1)NCC(C1CC1)N(C)C.I. The van der Waals surface area contributed by atoms with E-state index in [0.29, 0.717) is 6.04 Å². The van der Waals surface area contributed by atoms with Gasteiger partial charge >= 0.3 is 0 Å². The van der Waals surface area contributed by atoms with Gasteiger partial charge < -0.3 is 20.3 Å². The Morgan fingerprint density at radius 3 is 2.50 bits per heavy atom. The van der Waals surface area contributed by atoms with Crippen molar-refractivity contribution in [3.63, 3.8) is 0 Å². The van der Waals surface area contributed by atoms with Crippen LogP contribution in [0.15, 0.2) is 4.99 Å². The maximum atomic E-state index is 5.64. The number of nitrogens with zero attached hydrogens (tertiary/aromatic N) is 2. The van der Waals surface area contributed by atoms with Crippen LogP contribution in [0.4, 0.5) is 0 Å². The van der Waals surface area contributed by atoms with Crippen molar-refractivity contribution < 1.29 is 4.74 Å². The number of aliphatic imine (C=N–C) groups is 1. The summed E-state index contributed by atoms with van der Waals surface area (Å²) in [5.74, 6) is 2.63. The third-order valence-corrected chi connectivity index (χ3v) is 4.34. The van der Waals surface area contributed by atoms with Crippen LogP contribution in [0.5, 0.6) is 0 Å². The van der Waals surface area contributed by atoms with E-state index in [2.05, 4.69) is 34.6 Å². The number of hydrogen-bond donors (Lipinski definition) is 2. The molecule has 1 unspecified atom stereocenters. The van der Waals surface area contributed by atoms with Crippen molar-refractivity contribution in [3.05, 3.63) is 0 Å². The zero-order valence-corrected chi connectivity index (χ0v) is 16.6. The lowest BCUT2D eigenvalue weighted by Gasteiger charge is -2.25. The first kappa shape index (κ1) is 20.0. The maximum Gasteiger partial charge on any atom is 0.191 e. The van der Waals surface area contributed by atoms with Gasteiger partial charge in [-0.25, -0.2) is 0 Å². The molecule has 0 aliphatic heterocycles. The minimum atomic E-state index is 0. The van der Waals surface area contributed by atoms with Crippen LogP contribution < -0.4 is 10.6 Å². The van der Waals surface area contributed by atoms with Gasteiger partial charge in [0.05, 0.1) is 0 Å². The zero-order valence-electron chi connectivity index (χ0n) is 14.3. The van der Waals surface area contributed by atoms with Gasteiger partial charge in [-0.2, -0.15) is 0 Å². The van der Waals surface area contributed by atoms with Gasteiger partial charge in [0.15, 0.2) is 5.96 Å². The molecule has 2 N–H and O–H groups in total. The third-order valence-electron chi connectivity index (χ3n) is 4.34. The Hall–Kier alpha value is -0.0800. The Morgan fingerprint density at radius 2 is 1.95 bits per heavy atom.